The van der Waals surface area contributed by atoms with E-state index in [0.29, 0.717) is 0 Å². The van der Waals surface area contributed by atoms with Gasteiger partial charge in [-0.3, -0.25) is 9.69 Å². The predicted molar refractivity (Wildman–Crippen MR) is 115 cm³/mol. The van der Waals surface area contributed by atoms with E-state index in [1.165, 1.54) is 11.1 Å². The van der Waals surface area contributed by atoms with Crippen LogP contribution in [0, 0.1) is 6.07 Å². The molecule has 1 aliphatic heterocycles. The van der Waals surface area contributed by atoms with Crippen molar-refractivity contribution in [2.24, 2.45) is 0 Å². The second-order valence-electron chi connectivity index (χ2n) is 7.31. The number of carbonyl (C=O) groups is 1. The molecule has 0 N–H and O–H groups in total. The van der Waals surface area contributed by atoms with Crippen molar-refractivity contribution < 1.29 is 4.79 Å². The Bertz CT molecular complexity index is 732. The number of carbonyl (C=O) groups excluding carboxylic acids is 1. The number of benzene rings is 2. The van der Waals surface area contributed by atoms with Crippen LogP contribution < -0.4 is 0 Å². The van der Waals surface area contributed by atoms with E-state index in [1.54, 1.807) is 0 Å². The fourth-order valence-electron chi connectivity index (χ4n) is 4.03. The fraction of sp³-hybridized carbons (Fsp3) is 0.458. The van der Waals surface area contributed by atoms with Gasteiger partial charge in [-0.1, -0.05) is 37.3 Å². The SMILES string of the molecule is CCN1CCN(C(c2c[c]ccc2)c2ccc(C(=O)N(CC)CC)cc2)CC1. The van der Waals surface area contributed by atoms with Gasteiger partial charge < -0.3 is 9.80 Å². The molecule has 1 heterocycles. The Kier molecular flexibility index (Phi) is 7.24. The van der Waals surface area contributed by atoms with Crippen molar-refractivity contribution in [3.8, 4) is 0 Å². The van der Waals surface area contributed by atoms with Crippen LogP contribution in [0.4, 0.5) is 0 Å². The highest BCUT2D eigenvalue weighted by Crippen LogP contribution is 2.29. The number of piperazine rings is 1. The maximum atomic E-state index is 12.6. The molecule has 1 saturated heterocycles. The molecule has 0 saturated carbocycles. The first-order valence-corrected chi connectivity index (χ1v) is 10.5. The zero-order valence-electron chi connectivity index (χ0n) is 17.4. The van der Waals surface area contributed by atoms with E-state index in [4.69, 9.17) is 0 Å². The van der Waals surface area contributed by atoms with Gasteiger partial charge in [0.05, 0.1) is 6.04 Å². The molecule has 4 heteroatoms. The van der Waals surface area contributed by atoms with Crippen molar-refractivity contribution in [2.45, 2.75) is 26.8 Å². The molecule has 1 amide bonds. The maximum absolute atomic E-state index is 12.6. The quantitative estimate of drug-likeness (QED) is 0.735. The number of nitrogens with zero attached hydrogens (tertiary/aromatic N) is 3. The van der Waals surface area contributed by atoms with Crippen LogP contribution in [0.2, 0.25) is 0 Å². The first-order valence-electron chi connectivity index (χ1n) is 10.5. The number of rotatable bonds is 7. The van der Waals surface area contributed by atoms with Crippen molar-refractivity contribution in [3.63, 3.8) is 0 Å². The van der Waals surface area contributed by atoms with Crippen molar-refractivity contribution in [1.29, 1.82) is 0 Å². The van der Waals surface area contributed by atoms with E-state index < -0.39 is 0 Å². The van der Waals surface area contributed by atoms with Crippen LogP contribution >= 0.6 is 0 Å². The van der Waals surface area contributed by atoms with E-state index in [2.05, 4.69) is 53.1 Å². The van der Waals surface area contributed by atoms with Crippen molar-refractivity contribution in [1.82, 2.24) is 14.7 Å². The lowest BCUT2D eigenvalue weighted by molar-refractivity contribution is 0.0773. The molecule has 0 aromatic heterocycles. The minimum atomic E-state index is 0.109. The Morgan fingerprint density at radius 2 is 1.68 bits per heavy atom. The summed E-state index contributed by atoms with van der Waals surface area (Å²) in [6.45, 7) is 13.2. The minimum absolute atomic E-state index is 0.109. The van der Waals surface area contributed by atoms with Crippen molar-refractivity contribution in [3.05, 3.63) is 71.3 Å². The second kappa shape index (κ2) is 9.85. The van der Waals surface area contributed by atoms with E-state index >= 15 is 0 Å². The van der Waals surface area contributed by atoms with E-state index in [-0.39, 0.29) is 11.9 Å². The first-order chi connectivity index (χ1) is 13.7. The van der Waals surface area contributed by atoms with Crippen molar-refractivity contribution in [2.75, 3.05) is 45.8 Å². The Labute approximate surface area is 169 Å². The van der Waals surface area contributed by atoms with Gasteiger partial charge in [-0.25, -0.2) is 0 Å². The van der Waals surface area contributed by atoms with Gasteiger partial charge in [0.1, 0.15) is 0 Å². The van der Waals surface area contributed by atoms with Gasteiger partial charge in [0.25, 0.3) is 5.91 Å². The van der Waals surface area contributed by atoms with Crippen LogP contribution in [0.3, 0.4) is 0 Å². The van der Waals surface area contributed by atoms with Crippen LogP contribution in [0.15, 0.2) is 48.5 Å². The average Bonchev–Trinajstić information content (AvgIpc) is 2.76. The minimum Gasteiger partial charge on any atom is -0.339 e. The molecule has 2 aromatic rings. The van der Waals surface area contributed by atoms with E-state index in [0.717, 1.165) is 51.4 Å². The smallest absolute Gasteiger partial charge is 0.253 e. The number of amides is 1. The van der Waals surface area contributed by atoms with Crippen LogP contribution in [-0.2, 0) is 0 Å². The fourth-order valence-corrected chi connectivity index (χ4v) is 4.03. The first kappa shape index (κ1) is 20.6. The lowest BCUT2D eigenvalue weighted by Crippen LogP contribution is -2.47. The van der Waals surface area contributed by atoms with Crippen LogP contribution in [0.25, 0.3) is 0 Å². The summed E-state index contributed by atoms with van der Waals surface area (Å²) in [5.74, 6) is 0.109. The predicted octanol–water partition coefficient (Wildman–Crippen LogP) is 3.70. The standard InChI is InChI=1S/C24H32N3O/c1-4-25-16-18-27(19-17-25)23(20-10-8-7-9-11-20)21-12-14-22(15-13-21)24(28)26(5-2)6-3/h7-8,10-15,23H,4-6,16-19H2,1-3H3. The van der Waals surface area contributed by atoms with Gasteiger partial charge in [-0.2, -0.15) is 0 Å². The second-order valence-corrected chi connectivity index (χ2v) is 7.31. The summed E-state index contributed by atoms with van der Waals surface area (Å²) in [4.78, 5) is 19.5. The number of likely N-dealkylation sites (N-methyl/N-ethyl adjacent to an activating group) is 1. The van der Waals surface area contributed by atoms with E-state index in [1.807, 2.05) is 36.9 Å². The molecule has 1 fully saturated rings. The highest BCUT2D eigenvalue weighted by atomic mass is 16.2. The Morgan fingerprint density at radius 3 is 2.21 bits per heavy atom. The largest absolute Gasteiger partial charge is 0.339 e. The molecule has 1 unspecified atom stereocenters. The zero-order valence-corrected chi connectivity index (χ0v) is 17.4. The summed E-state index contributed by atoms with van der Waals surface area (Å²) in [6, 6.07) is 19.9. The normalized spacial score (nSPS) is 16.7. The highest BCUT2D eigenvalue weighted by Gasteiger charge is 2.26. The third-order valence-corrected chi connectivity index (χ3v) is 5.79. The average molecular weight is 379 g/mol. The molecule has 1 radical (unpaired) electrons. The van der Waals surface area contributed by atoms with Gasteiger partial charge >= 0.3 is 0 Å². The lowest BCUT2D eigenvalue weighted by atomic mass is 9.95. The molecule has 4 nitrogen and oxygen atoms in total. The summed E-state index contributed by atoms with van der Waals surface area (Å²) >= 11 is 0. The molecule has 1 atom stereocenters. The van der Waals surface area contributed by atoms with Crippen LogP contribution in [0.5, 0.6) is 0 Å². The maximum Gasteiger partial charge on any atom is 0.253 e. The van der Waals surface area contributed by atoms with Gasteiger partial charge in [0.15, 0.2) is 0 Å². The monoisotopic (exact) mass is 378 g/mol. The molecule has 28 heavy (non-hydrogen) atoms. The van der Waals surface area contributed by atoms with Gasteiger partial charge in [-0.05, 0) is 55.8 Å². The van der Waals surface area contributed by atoms with Gasteiger partial charge in [0, 0.05) is 44.8 Å². The molecule has 0 bridgehead atoms. The van der Waals surface area contributed by atoms with Crippen LogP contribution in [-0.4, -0.2) is 66.4 Å². The van der Waals surface area contributed by atoms with Gasteiger partial charge in [-0.15, -0.1) is 0 Å². The van der Waals surface area contributed by atoms with Gasteiger partial charge in [0.2, 0.25) is 0 Å². The third kappa shape index (κ3) is 4.62. The molecular formula is C24H32N3O. The summed E-state index contributed by atoms with van der Waals surface area (Å²) in [5, 5.41) is 0. The summed E-state index contributed by atoms with van der Waals surface area (Å²) in [6.07, 6.45) is 0. The summed E-state index contributed by atoms with van der Waals surface area (Å²) in [5.41, 5.74) is 3.26. The summed E-state index contributed by atoms with van der Waals surface area (Å²) in [7, 11) is 0. The topological polar surface area (TPSA) is 26.8 Å². The van der Waals surface area contributed by atoms with Crippen molar-refractivity contribution >= 4 is 5.91 Å². The van der Waals surface area contributed by atoms with Crippen LogP contribution in [0.1, 0.15) is 48.3 Å². The Balaban J connectivity index is 1.85. The van der Waals surface area contributed by atoms with E-state index in [9.17, 15) is 4.79 Å². The summed E-state index contributed by atoms with van der Waals surface area (Å²) < 4.78 is 0. The third-order valence-electron chi connectivity index (χ3n) is 5.79. The number of hydrogen-bond donors (Lipinski definition) is 0. The lowest BCUT2D eigenvalue weighted by Gasteiger charge is -2.39. The molecule has 1 aliphatic rings. The number of hydrogen-bond acceptors (Lipinski definition) is 3. The molecule has 2 aromatic carbocycles. The highest BCUT2D eigenvalue weighted by molar-refractivity contribution is 5.94. The molecule has 0 spiro atoms. The molecule has 149 valence electrons. The molecule has 0 aliphatic carbocycles. The molecular weight excluding hydrogens is 346 g/mol. The molecule has 3 rings (SSSR count). The zero-order chi connectivity index (χ0) is 19.9. The Morgan fingerprint density at radius 1 is 1.00 bits per heavy atom. The Hall–Kier alpha value is -2.17.